The van der Waals surface area contributed by atoms with Crippen LogP contribution in [0.25, 0.3) is 0 Å². The molecule has 0 spiro atoms. The third kappa shape index (κ3) is 18.2. The summed E-state index contributed by atoms with van der Waals surface area (Å²) in [5.41, 5.74) is 0.741. The Bertz CT molecular complexity index is 261. The average molecular weight is 347 g/mol. The van der Waals surface area contributed by atoms with Crippen LogP contribution in [0, 0.1) is 10.8 Å². The second-order valence-electron chi connectivity index (χ2n) is 9.42. The topological polar surface area (TPSA) is 58.9 Å². The van der Waals surface area contributed by atoms with E-state index in [-0.39, 0.29) is 0 Å². The van der Waals surface area contributed by atoms with Crippen LogP contribution < -0.4 is 0 Å². The minimum Gasteiger partial charge on any atom is -0.366 e. The molecule has 4 nitrogen and oxygen atoms in total. The fourth-order valence-electron chi connectivity index (χ4n) is 2.53. The molecule has 2 unspecified atom stereocenters. The highest BCUT2D eigenvalue weighted by atomic mass is 17.2. The van der Waals surface area contributed by atoms with Crippen LogP contribution in [0.1, 0.15) is 106 Å². The summed E-state index contributed by atoms with van der Waals surface area (Å²) in [5.74, 6) is 0. The second kappa shape index (κ2) is 12.2. The largest absolute Gasteiger partial charge is 0.366 e. The van der Waals surface area contributed by atoms with Crippen molar-refractivity contribution in [2.75, 3.05) is 0 Å². The average Bonchev–Trinajstić information content (AvgIpc) is 2.42. The molecule has 0 rings (SSSR count). The Labute approximate surface area is 149 Å². The van der Waals surface area contributed by atoms with Crippen LogP contribution in [-0.2, 0) is 9.78 Å². The Balaban J connectivity index is 3.49. The molecule has 0 aromatic heterocycles. The van der Waals surface area contributed by atoms with Crippen LogP contribution in [0.5, 0.6) is 0 Å². The number of rotatable bonds is 13. The molecule has 0 fully saturated rings. The lowest BCUT2D eigenvalue weighted by atomic mass is 9.89. The lowest BCUT2D eigenvalue weighted by Crippen LogP contribution is -2.19. The molecule has 2 atom stereocenters. The van der Waals surface area contributed by atoms with Gasteiger partial charge >= 0.3 is 0 Å². The number of aliphatic hydroxyl groups is 2. The van der Waals surface area contributed by atoms with E-state index >= 15 is 0 Å². The third-order valence-electron chi connectivity index (χ3n) is 4.03. The molecule has 0 aliphatic heterocycles. The van der Waals surface area contributed by atoms with Crippen molar-refractivity contribution >= 4 is 0 Å². The maximum Gasteiger partial charge on any atom is 0.188 e. The summed E-state index contributed by atoms with van der Waals surface area (Å²) >= 11 is 0. The van der Waals surface area contributed by atoms with Gasteiger partial charge in [-0.15, -0.1) is 0 Å². The monoisotopic (exact) mass is 346 g/mol. The van der Waals surface area contributed by atoms with Gasteiger partial charge in [0.1, 0.15) is 0 Å². The standard InChI is InChI=1S/C20H42O4/c1-19(2,3)15-11-7-9-13-17(21)23-24-18(22)14-10-8-12-16-20(4,5)6/h17-18,21-22H,7-16H2,1-6H3. The van der Waals surface area contributed by atoms with E-state index in [1.165, 1.54) is 12.8 Å². The molecule has 0 amide bonds. The Morgan fingerprint density at radius 1 is 0.583 bits per heavy atom. The van der Waals surface area contributed by atoms with Crippen molar-refractivity contribution in [3.8, 4) is 0 Å². The maximum absolute atomic E-state index is 9.70. The molecule has 0 radical (unpaired) electrons. The zero-order valence-electron chi connectivity index (χ0n) is 16.9. The lowest BCUT2D eigenvalue weighted by molar-refractivity contribution is -0.424. The first-order valence-electron chi connectivity index (χ1n) is 9.68. The SMILES string of the molecule is CC(C)(C)CCCCCC(O)OOC(O)CCCCCC(C)(C)C. The third-order valence-corrected chi connectivity index (χ3v) is 4.03. The predicted molar refractivity (Wildman–Crippen MR) is 99.3 cm³/mol. The highest BCUT2D eigenvalue weighted by molar-refractivity contribution is 4.62. The normalized spacial score (nSPS) is 15.5. The fourth-order valence-corrected chi connectivity index (χ4v) is 2.53. The Morgan fingerprint density at radius 2 is 0.917 bits per heavy atom. The van der Waals surface area contributed by atoms with Gasteiger partial charge in [-0.25, -0.2) is 9.78 Å². The van der Waals surface area contributed by atoms with Gasteiger partial charge in [-0.2, -0.15) is 0 Å². The molecule has 146 valence electrons. The van der Waals surface area contributed by atoms with Gasteiger partial charge in [0.25, 0.3) is 0 Å². The molecule has 0 aliphatic rings. The number of hydrogen-bond acceptors (Lipinski definition) is 4. The molecule has 24 heavy (non-hydrogen) atoms. The summed E-state index contributed by atoms with van der Waals surface area (Å²) in [6, 6.07) is 0. The van der Waals surface area contributed by atoms with E-state index in [0.717, 1.165) is 38.5 Å². The van der Waals surface area contributed by atoms with E-state index in [2.05, 4.69) is 41.5 Å². The van der Waals surface area contributed by atoms with Crippen LogP contribution in [-0.4, -0.2) is 22.8 Å². The van der Waals surface area contributed by atoms with Gasteiger partial charge in [0.2, 0.25) is 0 Å². The van der Waals surface area contributed by atoms with Crippen molar-refractivity contribution in [1.29, 1.82) is 0 Å². The first-order chi connectivity index (χ1) is 11.0. The van der Waals surface area contributed by atoms with Crippen LogP contribution in [0.15, 0.2) is 0 Å². The smallest absolute Gasteiger partial charge is 0.188 e. The van der Waals surface area contributed by atoms with Crippen LogP contribution >= 0.6 is 0 Å². The van der Waals surface area contributed by atoms with Gasteiger partial charge in [0.05, 0.1) is 0 Å². The summed E-state index contributed by atoms with van der Waals surface area (Å²) in [6.07, 6.45) is 7.86. The Morgan fingerprint density at radius 3 is 1.21 bits per heavy atom. The van der Waals surface area contributed by atoms with Gasteiger partial charge in [-0.05, 0) is 36.5 Å². The van der Waals surface area contributed by atoms with Crippen LogP contribution in [0.2, 0.25) is 0 Å². The predicted octanol–water partition coefficient (Wildman–Crippen LogP) is 5.56. The number of unbranched alkanes of at least 4 members (excludes halogenated alkanes) is 4. The molecule has 0 aromatic rings. The van der Waals surface area contributed by atoms with E-state index in [4.69, 9.17) is 9.78 Å². The summed E-state index contributed by atoms with van der Waals surface area (Å²) in [7, 11) is 0. The molecule has 0 saturated heterocycles. The minimum atomic E-state index is -0.949. The fraction of sp³-hybridized carbons (Fsp3) is 1.00. The van der Waals surface area contributed by atoms with Crippen molar-refractivity contribution < 1.29 is 20.0 Å². The highest BCUT2D eigenvalue weighted by Crippen LogP contribution is 2.23. The molecular weight excluding hydrogens is 304 g/mol. The lowest BCUT2D eigenvalue weighted by Gasteiger charge is -2.18. The van der Waals surface area contributed by atoms with E-state index in [1.807, 2.05) is 0 Å². The van der Waals surface area contributed by atoms with E-state index in [1.54, 1.807) is 0 Å². The zero-order chi connectivity index (χ0) is 18.6. The summed E-state index contributed by atoms with van der Waals surface area (Å²) in [5, 5.41) is 19.4. The summed E-state index contributed by atoms with van der Waals surface area (Å²) in [6.45, 7) is 13.4. The van der Waals surface area contributed by atoms with Gasteiger partial charge in [0, 0.05) is 12.8 Å². The number of aliphatic hydroxyl groups excluding tert-OH is 2. The van der Waals surface area contributed by atoms with Gasteiger partial charge < -0.3 is 10.2 Å². The van der Waals surface area contributed by atoms with Crippen molar-refractivity contribution in [3.63, 3.8) is 0 Å². The van der Waals surface area contributed by atoms with Crippen molar-refractivity contribution in [2.45, 2.75) is 118 Å². The minimum absolute atomic E-state index is 0.370. The van der Waals surface area contributed by atoms with Crippen molar-refractivity contribution in [2.24, 2.45) is 10.8 Å². The molecule has 0 aromatic carbocycles. The quantitative estimate of drug-likeness (QED) is 0.198. The molecular formula is C20H42O4. The second-order valence-corrected chi connectivity index (χ2v) is 9.42. The van der Waals surface area contributed by atoms with Gasteiger partial charge in [-0.1, -0.05) is 67.2 Å². The Hall–Kier alpha value is -0.160. The van der Waals surface area contributed by atoms with Crippen molar-refractivity contribution in [1.82, 2.24) is 0 Å². The summed E-state index contributed by atoms with van der Waals surface area (Å²) < 4.78 is 0. The number of hydrogen-bond donors (Lipinski definition) is 2. The van der Waals surface area contributed by atoms with E-state index in [9.17, 15) is 10.2 Å². The van der Waals surface area contributed by atoms with Crippen LogP contribution in [0.3, 0.4) is 0 Å². The molecule has 4 heteroatoms. The first-order valence-corrected chi connectivity index (χ1v) is 9.68. The summed E-state index contributed by atoms with van der Waals surface area (Å²) in [4.78, 5) is 9.74. The Kier molecular flexibility index (Phi) is 12.2. The molecule has 0 saturated carbocycles. The van der Waals surface area contributed by atoms with Gasteiger partial charge in [-0.3, -0.25) is 0 Å². The molecule has 0 aliphatic carbocycles. The molecule has 0 bridgehead atoms. The van der Waals surface area contributed by atoms with Gasteiger partial charge in [0.15, 0.2) is 12.6 Å². The molecule has 2 N–H and O–H groups in total. The van der Waals surface area contributed by atoms with Crippen molar-refractivity contribution in [3.05, 3.63) is 0 Å². The first kappa shape index (κ1) is 23.8. The maximum atomic E-state index is 9.70. The van der Waals surface area contributed by atoms with E-state index in [0.29, 0.717) is 23.7 Å². The zero-order valence-corrected chi connectivity index (χ0v) is 16.9. The van der Waals surface area contributed by atoms with Crippen LogP contribution in [0.4, 0.5) is 0 Å². The highest BCUT2D eigenvalue weighted by Gasteiger charge is 2.13. The molecule has 0 heterocycles. The van der Waals surface area contributed by atoms with E-state index < -0.39 is 12.6 Å².